The van der Waals surface area contributed by atoms with Gasteiger partial charge in [-0.25, -0.2) is 9.97 Å². The standard InChI is InChI=1S/C17H24BrN3O2Si.C11H10BrN3O2/c1-17(2,3)24(5,6)23-13-7-8-15(19-10-13)20-14-9-12(18)11-21(4)16(14)22;1-15-6-7(12)4-9(11(15)17)14-10-3-2-8(16)5-13-10/h7-11H,1-6H3,(H,19,20);2-6,16H,1H3,(H,13,14). The summed E-state index contributed by atoms with van der Waals surface area (Å²) in [6.45, 7) is 11.0. The molecule has 0 fully saturated rings. The molecule has 41 heavy (non-hydrogen) atoms. The second-order valence-electron chi connectivity index (χ2n) is 10.9. The summed E-state index contributed by atoms with van der Waals surface area (Å²) in [4.78, 5) is 32.2. The third-order valence-corrected chi connectivity index (χ3v) is 11.7. The number of pyridine rings is 4. The average Bonchev–Trinajstić information content (AvgIpc) is 2.87. The Morgan fingerprint density at radius 2 is 1.29 bits per heavy atom. The number of aromatic hydroxyl groups is 1. The summed E-state index contributed by atoms with van der Waals surface area (Å²) < 4.78 is 10.8. The molecule has 0 amide bonds. The molecule has 0 aliphatic rings. The molecule has 10 nitrogen and oxygen atoms in total. The minimum Gasteiger partial charge on any atom is -0.542 e. The monoisotopic (exact) mass is 704 g/mol. The van der Waals surface area contributed by atoms with Crippen LogP contribution in [0.5, 0.6) is 11.5 Å². The molecular formula is C28H34Br2N6O4Si. The molecule has 4 aromatic heterocycles. The van der Waals surface area contributed by atoms with Gasteiger partial charge in [0.15, 0.2) is 0 Å². The zero-order valence-electron chi connectivity index (χ0n) is 24.0. The van der Waals surface area contributed by atoms with Crippen LogP contribution in [0.4, 0.5) is 23.0 Å². The zero-order valence-corrected chi connectivity index (χ0v) is 28.2. The molecular weight excluding hydrogens is 672 g/mol. The topological polar surface area (TPSA) is 123 Å². The van der Waals surface area contributed by atoms with Crippen LogP contribution in [0.1, 0.15) is 20.8 Å². The van der Waals surface area contributed by atoms with E-state index < -0.39 is 8.32 Å². The lowest BCUT2D eigenvalue weighted by Crippen LogP contribution is -2.43. The summed E-state index contributed by atoms with van der Waals surface area (Å²) in [5.41, 5.74) is 0.627. The van der Waals surface area contributed by atoms with E-state index >= 15 is 0 Å². The Balaban J connectivity index is 0.000000239. The Kier molecular flexibility index (Phi) is 10.2. The van der Waals surface area contributed by atoms with Crippen molar-refractivity contribution in [3.63, 3.8) is 0 Å². The van der Waals surface area contributed by atoms with E-state index in [1.807, 2.05) is 12.1 Å². The molecule has 3 N–H and O–H groups in total. The molecule has 0 saturated carbocycles. The smallest absolute Gasteiger partial charge is 0.274 e. The number of aromatic nitrogens is 4. The molecule has 0 unspecified atom stereocenters. The second-order valence-corrected chi connectivity index (χ2v) is 17.4. The highest BCUT2D eigenvalue weighted by Crippen LogP contribution is 2.37. The van der Waals surface area contributed by atoms with Crippen molar-refractivity contribution in [1.82, 2.24) is 19.1 Å². The van der Waals surface area contributed by atoms with Crippen molar-refractivity contribution >= 4 is 63.2 Å². The fraction of sp³-hybridized carbons (Fsp3) is 0.286. The van der Waals surface area contributed by atoms with Gasteiger partial charge >= 0.3 is 0 Å². The summed E-state index contributed by atoms with van der Waals surface area (Å²) >= 11 is 6.70. The highest BCUT2D eigenvalue weighted by atomic mass is 79.9. The van der Waals surface area contributed by atoms with E-state index in [2.05, 4.69) is 86.3 Å². The molecule has 4 heterocycles. The van der Waals surface area contributed by atoms with E-state index in [-0.39, 0.29) is 21.9 Å². The van der Waals surface area contributed by atoms with Gasteiger partial charge in [0.25, 0.3) is 19.4 Å². The molecule has 0 bridgehead atoms. The van der Waals surface area contributed by atoms with E-state index in [9.17, 15) is 9.59 Å². The SMILES string of the molecule is Cn1cc(Br)cc(Nc2ccc(O)cn2)c1=O.Cn1cc(Br)cc(Nc2ccc(O[Si](C)(C)C(C)(C)C)cn2)c1=O. The lowest BCUT2D eigenvalue weighted by Gasteiger charge is -2.36. The summed E-state index contributed by atoms with van der Waals surface area (Å²) in [7, 11) is 1.50. The average molecular weight is 707 g/mol. The first-order valence-electron chi connectivity index (χ1n) is 12.6. The first-order chi connectivity index (χ1) is 19.1. The maximum atomic E-state index is 12.1. The highest BCUT2D eigenvalue weighted by molar-refractivity contribution is 9.10. The molecule has 0 spiro atoms. The fourth-order valence-corrected chi connectivity index (χ4v) is 5.31. The number of hydrogen-bond acceptors (Lipinski definition) is 8. The molecule has 0 aromatic carbocycles. The number of nitrogens with one attached hydrogen (secondary N) is 2. The lowest BCUT2D eigenvalue weighted by molar-refractivity contribution is 0.473. The first-order valence-corrected chi connectivity index (χ1v) is 17.1. The molecule has 0 aliphatic heterocycles. The van der Waals surface area contributed by atoms with Gasteiger partial charge < -0.3 is 29.3 Å². The van der Waals surface area contributed by atoms with E-state index in [0.717, 1.165) is 14.7 Å². The molecule has 4 aromatic rings. The van der Waals surface area contributed by atoms with Crippen LogP contribution in [0.15, 0.2) is 79.7 Å². The third kappa shape index (κ3) is 8.78. The molecule has 13 heteroatoms. The van der Waals surface area contributed by atoms with Gasteiger partial charge in [0.2, 0.25) is 0 Å². The largest absolute Gasteiger partial charge is 0.542 e. The van der Waals surface area contributed by atoms with Crippen molar-refractivity contribution in [2.75, 3.05) is 10.6 Å². The molecule has 4 rings (SSSR count). The Hall–Kier alpha value is -3.42. The van der Waals surface area contributed by atoms with Gasteiger partial charge in [0.05, 0.1) is 12.4 Å². The quantitative estimate of drug-likeness (QED) is 0.190. The van der Waals surface area contributed by atoms with E-state index in [4.69, 9.17) is 9.53 Å². The van der Waals surface area contributed by atoms with Crippen LogP contribution in [0.25, 0.3) is 0 Å². The van der Waals surface area contributed by atoms with Crippen molar-refractivity contribution < 1.29 is 9.53 Å². The molecule has 0 radical (unpaired) electrons. The number of nitrogens with zero attached hydrogens (tertiary/aromatic N) is 4. The van der Waals surface area contributed by atoms with Crippen LogP contribution in [-0.2, 0) is 14.1 Å². The number of rotatable bonds is 6. The summed E-state index contributed by atoms with van der Waals surface area (Å²) in [6.07, 6.45) is 6.41. The highest BCUT2D eigenvalue weighted by Gasteiger charge is 2.39. The Morgan fingerprint density at radius 3 is 1.68 bits per heavy atom. The minimum absolute atomic E-state index is 0.0812. The second kappa shape index (κ2) is 13.0. The van der Waals surface area contributed by atoms with Crippen molar-refractivity contribution in [2.24, 2.45) is 14.1 Å². The lowest BCUT2D eigenvalue weighted by atomic mass is 10.2. The van der Waals surface area contributed by atoms with Gasteiger partial charge in [-0.3, -0.25) is 9.59 Å². The van der Waals surface area contributed by atoms with Crippen LogP contribution in [0.3, 0.4) is 0 Å². The number of anilines is 4. The Morgan fingerprint density at radius 1 is 0.829 bits per heavy atom. The molecule has 0 atom stereocenters. The first kappa shape index (κ1) is 32.1. The summed E-state index contributed by atoms with van der Waals surface area (Å²) in [5.74, 6) is 1.94. The van der Waals surface area contributed by atoms with Crippen LogP contribution >= 0.6 is 31.9 Å². The van der Waals surface area contributed by atoms with Gasteiger partial charge in [0.1, 0.15) is 34.5 Å². The molecule has 218 valence electrons. The molecule has 0 saturated heterocycles. The number of hydrogen-bond donors (Lipinski definition) is 3. The van der Waals surface area contributed by atoms with Crippen LogP contribution in [0, 0.1) is 0 Å². The maximum Gasteiger partial charge on any atom is 0.274 e. The third-order valence-electron chi connectivity index (χ3n) is 6.49. The van der Waals surface area contributed by atoms with Crippen LogP contribution in [-0.4, -0.2) is 32.5 Å². The van der Waals surface area contributed by atoms with Gasteiger partial charge in [0, 0.05) is 35.4 Å². The molecule has 0 aliphatic carbocycles. The summed E-state index contributed by atoms with van der Waals surface area (Å²) in [5, 5.41) is 15.2. The van der Waals surface area contributed by atoms with Gasteiger partial charge in [-0.2, -0.15) is 0 Å². The van der Waals surface area contributed by atoms with Crippen molar-refractivity contribution in [1.29, 1.82) is 0 Å². The van der Waals surface area contributed by atoms with E-state index in [0.29, 0.717) is 23.0 Å². The van der Waals surface area contributed by atoms with E-state index in [1.165, 1.54) is 21.4 Å². The van der Waals surface area contributed by atoms with E-state index in [1.54, 1.807) is 50.9 Å². The van der Waals surface area contributed by atoms with Gasteiger partial charge in [-0.05, 0) is 86.4 Å². The van der Waals surface area contributed by atoms with Crippen LogP contribution in [0.2, 0.25) is 18.1 Å². The minimum atomic E-state index is -1.88. The Labute approximate surface area is 256 Å². The van der Waals surface area contributed by atoms with Crippen molar-refractivity contribution in [2.45, 2.75) is 38.9 Å². The van der Waals surface area contributed by atoms with Crippen LogP contribution < -0.4 is 26.2 Å². The Bertz CT molecular complexity index is 1620. The number of halogens is 2. The zero-order chi connectivity index (χ0) is 30.5. The predicted molar refractivity (Wildman–Crippen MR) is 173 cm³/mol. The predicted octanol–water partition coefficient (Wildman–Crippen LogP) is 6.66. The van der Waals surface area contributed by atoms with Crippen molar-refractivity contribution in [3.8, 4) is 11.5 Å². The fourth-order valence-electron chi connectivity index (χ4n) is 3.22. The van der Waals surface area contributed by atoms with Gasteiger partial charge in [-0.1, -0.05) is 20.8 Å². The summed E-state index contributed by atoms with van der Waals surface area (Å²) in [6, 6.07) is 10.2. The van der Waals surface area contributed by atoms with Gasteiger partial charge in [-0.15, -0.1) is 0 Å². The maximum absolute atomic E-state index is 12.1. The van der Waals surface area contributed by atoms with Crippen molar-refractivity contribution in [3.05, 3.63) is 90.8 Å². The normalized spacial score (nSPS) is 11.3. The number of aryl methyl sites for hydroxylation is 2.